The lowest BCUT2D eigenvalue weighted by Crippen LogP contribution is -2.39. The van der Waals surface area contributed by atoms with Gasteiger partial charge in [0, 0.05) is 73.9 Å². The minimum absolute atomic E-state index is 0.109. The summed E-state index contributed by atoms with van der Waals surface area (Å²) in [5, 5.41) is 11.1. The second kappa shape index (κ2) is 9.72. The Kier molecular flexibility index (Phi) is 6.69. The van der Waals surface area contributed by atoms with Crippen molar-refractivity contribution in [2.75, 3.05) is 13.1 Å². The molecule has 0 radical (unpaired) electrons. The van der Waals surface area contributed by atoms with Crippen LogP contribution in [0.25, 0.3) is 22.0 Å². The van der Waals surface area contributed by atoms with E-state index in [1.54, 1.807) is 12.1 Å². The van der Waals surface area contributed by atoms with E-state index in [1.165, 1.54) is 18.0 Å². The van der Waals surface area contributed by atoms with E-state index in [0.717, 1.165) is 54.1 Å². The summed E-state index contributed by atoms with van der Waals surface area (Å²) in [5.74, 6) is 0.371. The summed E-state index contributed by atoms with van der Waals surface area (Å²) < 4.78 is 2.87. The Morgan fingerprint density at radius 1 is 1.21 bits per heavy atom. The fraction of sp³-hybridized carbons (Fsp3) is 0.231. The molecule has 1 aliphatic heterocycles. The Labute approximate surface area is 219 Å². The summed E-state index contributed by atoms with van der Waals surface area (Å²) in [4.78, 5) is 19.7. The summed E-state index contributed by atoms with van der Waals surface area (Å²) in [6.45, 7) is 1.39. The van der Waals surface area contributed by atoms with Crippen molar-refractivity contribution < 1.29 is 14.7 Å². The number of fused-ring (bicyclic) bond motifs is 2. The molecule has 8 heteroatoms. The molecule has 1 N–H and O–H groups in total. The molecule has 0 aromatic carbocycles. The maximum Gasteiger partial charge on any atom is 0.226 e. The van der Waals surface area contributed by atoms with Crippen LogP contribution in [-0.4, -0.2) is 34.1 Å². The SMILES string of the molecule is O=C(Cc1cc[n+](O)cc1)N1CCC(c2c3[c+](Br)cc(Cl)cc-3ccc3cc(Br)cnc23)CC1. The number of amides is 1. The highest BCUT2D eigenvalue weighted by atomic mass is 79.9. The molecule has 0 bridgehead atoms. The predicted octanol–water partition coefficient (Wildman–Crippen LogP) is 6.27. The Morgan fingerprint density at radius 2 is 1.94 bits per heavy atom. The highest BCUT2D eigenvalue weighted by molar-refractivity contribution is 9.10. The van der Waals surface area contributed by atoms with Crippen LogP contribution in [0.5, 0.6) is 0 Å². The molecular weight excluding hydrogens is 582 g/mol. The van der Waals surface area contributed by atoms with Crippen molar-refractivity contribution in [2.45, 2.75) is 25.2 Å². The van der Waals surface area contributed by atoms with Gasteiger partial charge in [0.05, 0.1) is 23.6 Å². The highest BCUT2D eigenvalue weighted by Gasteiger charge is 2.32. The first-order chi connectivity index (χ1) is 16.4. The average Bonchev–Trinajstić information content (AvgIpc) is 2.97. The number of piperidine rings is 1. The third-order valence-corrected chi connectivity index (χ3v) is 7.71. The van der Waals surface area contributed by atoms with Gasteiger partial charge in [0.1, 0.15) is 20.6 Å². The van der Waals surface area contributed by atoms with E-state index >= 15 is 0 Å². The van der Waals surface area contributed by atoms with Crippen LogP contribution in [0.3, 0.4) is 0 Å². The zero-order chi connectivity index (χ0) is 23.8. The lowest BCUT2D eigenvalue weighted by Gasteiger charge is -2.31. The van der Waals surface area contributed by atoms with E-state index in [0.29, 0.717) is 24.5 Å². The molecule has 5 rings (SSSR count). The maximum atomic E-state index is 12.9. The summed E-state index contributed by atoms with van der Waals surface area (Å²) >= 11 is 13.7. The van der Waals surface area contributed by atoms with Gasteiger partial charge in [-0.1, -0.05) is 0 Å². The van der Waals surface area contributed by atoms with Crippen LogP contribution in [0.2, 0.25) is 5.02 Å². The number of carbonyl (C=O) groups is 1. The van der Waals surface area contributed by atoms with Gasteiger partial charge in [-0.3, -0.25) is 10.0 Å². The van der Waals surface area contributed by atoms with E-state index in [2.05, 4.69) is 50.1 Å². The van der Waals surface area contributed by atoms with Gasteiger partial charge in [0.25, 0.3) is 0 Å². The van der Waals surface area contributed by atoms with Crippen LogP contribution in [0, 0.1) is 0 Å². The molecule has 34 heavy (non-hydrogen) atoms. The zero-order valence-corrected chi connectivity index (χ0v) is 22.1. The van der Waals surface area contributed by atoms with Crippen molar-refractivity contribution in [3.63, 3.8) is 0 Å². The molecule has 0 saturated carbocycles. The minimum atomic E-state index is 0.109. The molecule has 0 unspecified atom stereocenters. The molecule has 1 saturated heterocycles. The first-order valence-corrected chi connectivity index (χ1v) is 13.0. The number of carbonyl (C=O) groups excluding carboxylic acids is 1. The van der Waals surface area contributed by atoms with E-state index < -0.39 is 0 Å². The van der Waals surface area contributed by atoms with Crippen LogP contribution in [0.4, 0.5) is 0 Å². The number of benzene rings is 1. The van der Waals surface area contributed by atoms with Gasteiger partial charge >= 0.3 is 0 Å². The quantitative estimate of drug-likeness (QED) is 0.171. The van der Waals surface area contributed by atoms with Crippen LogP contribution in [-0.2, 0) is 11.2 Å². The summed E-state index contributed by atoms with van der Waals surface area (Å²) in [7, 11) is 0. The van der Waals surface area contributed by atoms with Crippen molar-refractivity contribution in [1.82, 2.24) is 9.88 Å². The van der Waals surface area contributed by atoms with Crippen molar-refractivity contribution >= 4 is 60.3 Å². The molecule has 1 fully saturated rings. The van der Waals surface area contributed by atoms with Gasteiger partial charge in [0.15, 0.2) is 0 Å². The van der Waals surface area contributed by atoms with E-state index in [-0.39, 0.29) is 11.8 Å². The van der Waals surface area contributed by atoms with E-state index in [1.807, 2.05) is 23.2 Å². The number of aromatic nitrogens is 2. The Hall–Kier alpha value is -2.35. The average molecular weight is 604 g/mol. The lowest BCUT2D eigenvalue weighted by atomic mass is 9.84. The van der Waals surface area contributed by atoms with Crippen molar-refractivity contribution in [3.05, 3.63) is 86.2 Å². The Balaban J connectivity index is 1.47. The molecule has 2 aromatic rings. The zero-order valence-electron chi connectivity index (χ0n) is 18.2. The normalized spacial score (nSPS) is 14.6. The van der Waals surface area contributed by atoms with Gasteiger partial charge in [-0.25, -0.2) is 4.98 Å². The molecule has 5 nitrogen and oxygen atoms in total. The van der Waals surface area contributed by atoms with Gasteiger partial charge in [0.2, 0.25) is 18.3 Å². The number of halogens is 3. The van der Waals surface area contributed by atoms with Crippen LogP contribution < -0.4 is 4.73 Å². The minimum Gasteiger partial charge on any atom is -0.342 e. The Morgan fingerprint density at radius 3 is 2.68 bits per heavy atom. The second-order valence-corrected chi connectivity index (χ2v) is 10.8. The maximum absolute atomic E-state index is 12.9. The van der Waals surface area contributed by atoms with Crippen LogP contribution in [0.15, 0.2) is 70.0 Å². The lowest BCUT2D eigenvalue weighted by molar-refractivity contribution is -0.904. The number of likely N-dealkylation sites (tertiary alicyclic amines) is 1. The number of hydrogen-bond donors (Lipinski definition) is 1. The van der Waals surface area contributed by atoms with Gasteiger partial charge < -0.3 is 4.90 Å². The largest absolute Gasteiger partial charge is 0.342 e. The molecule has 0 atom stereocenters. The molecule has 2 aliphatic carbocycles. The molecule has 1 amide bonds. The van der Waals surface area contributed by atoms with Crippen LogP contribution in [0.1, 0.15) is 29.9 Å². The third-order valence-electron chi connectivity index (χ3n) is 6.43. The summed E-state index contributed by atoms with van der Waals surface area (Å²) in [5.41, 5.74) is 5.26. The smallest absolute Gasteiger partial charge is 0.226 e. The second-order valence-electron chi connectivity index (χ2n) is 8.61. The molecule has 3 aliphatic rings. The fourth-order valence-corrected chi connectivity index (χ4v) is 6.18. The first kappa shape index (κ1) is 23.4. The van der Waals surface area contributed by atoms with E-state index in [4.69, 9.17) is 16.6 Å². The number of nitrogens with zero attached hydrogens (tertiary/aromatic N) is 3. The fourth-order valence-electron chi connectivity index (χ4n) is 4.78. The van der Waals surface area contributed by atoms with Crippen molar-refractivity contribution in [3.8, 4) is 11.1 Å². The topological polar surface area (TPSA) is 57.3 Å². The monoisotopic (exact) mass is 601 g/mol. The molecule has 2 aromatic heterocycles. The first-order valence-electron chi connectivity index (χ1n) is 11.1. The Bertz CT molecular complexity index is 1360. The van der Waals surface area contributed by atoms with Crippen molar-refractivity contribution in [1.29, 1.82) is 0 Å². The van der Waals surface area contributed by atoms with Crippen LogP contribution >= 0.6 is 43.5 Å². The summed E-state index contributed by atoms with van der Waals surface area (Å²) in [6, 6.07) is 13.7. The number of rotatable bonds is 3. The predicted molar refractivity (Wildman–Crippen MR) is 139 cm³/mol. The standard InChI is InChI=1S/C26H22Br2ClN3O2/c27-20-12-19-2-1-18-13-21(29)14-22(28)24(18)25(26(19)30-15-20)17-5-7-31(8-6-17)23(33)11-16-3-9-32(34)10-4-16/h1-4,9-10,12-15,17,34H,5-8,11H2/q+2. The third kappa shape index (κ3) is 4.74. The number of hydrogen-bond acceptors (Lipinski definition) is 3. The molecule has 172 valence electrons. The molecule has 0 spiro atoms. The highest BCUT2D eigenvalue weighted by Crippen LogP contribution is 2.44. The van der Waals surface area contributed by atoms with E-state index in [9.17, 15) is 10.0 Å². The van der Waals surface area contributed by atoms with Gasteiger partial charge in [-0.05, 0) is 64.1 Å². The molecular formula is C26H22Br2ClN3O2+2. The number of pyridine rings is 2. The van der Waals surface area contributed by atoms with Gasteiger partial charge in [-0.15, -0.1) is 0 Å². The summed E-state index contributed by atoms with van der Waals surface area (Å²) in [6.07, 6.45) is 6.97. The molecule has 3 heterocycles. The van der Waals surface area contributed by atoms with Crippen molar-refractivity contribution in [2.24, 2.45) is 0 Å². The van der Waals surface area contributed by atoms with Gasteiger partial charge in [-0.2, -0.15) is 0 Å².